The number of nitrogens with one attached hydrogen (secondary N) is 2. The highest BCUT2D eigenvalue weighted by Gasteiger charge is 2.25. The third-order valence-corrected chi connectivity index (χ3v) is 4.78. The highest BCUT2D eigenvalue weighted by molar-refractivity contribution is 7.98. The number of thioether (sulfide) groups is 1. The lowest BCUT2D eigenvalue weighted by Crippen LogP contribution is -2.50. The molecule has 0 heterocycles. The molecule has 0 aliphatic heterocycles. The number of rotatable bonds is 13. The van der Waals surface area contributed by atoms with E-state index >= 15 is 0 Å². The Kier molecular flexibility index (Phi) is 14.8. The van der Waals surface area contributed by atoms with E-state index in [2.05, 4.69) is 10.6 Å². The van der Waals surface area contributed by atoms with Gasteiger partial charge in [-0.15, -0.1) is 0 Å². The van der Waals surface area contributed by atoms with E-state index in [0.717, 1.165) is 5.56 Å². The Balaban J connectivity index is 0.000000639. The first-order chi connectivity index (χ1) is 14.6. The van der Waals surface area contributed by atoms with Crippen LogP contribution < -0.4 is 16.4 Å². The number of hydrogen-bond acceptors (Lipinski definition) is 6. The first kappa shape index (κ1) is 28.4. The van der Waals surface area contributed by atoms with Crippen molar-refractivity contribution in [3.63, 3.8) is 0 Å². The monoisotopic (exact) mass is 455 g/mol. The Morgan fingerprint density at radius 3 is 2.16 bits per heavy atom. The van der Waals surface area contributed by atoms with Crippen molar-refractivity contribution in [3.05, 3.63) is 35.9 Å². The topological polar surface area (TPSA) is 159 Å². The van der Waals surface area contributed by atoms with Gasteiger partial charge in [-0.25, -0.2) is 4.79 Å². The molecule has 3 atom stereocenters. The molecule has 0 aromatic heterocycles. The van der Waals surface area contributed by atoms with Crippen molar-refractivity contribution in [1.82, 2.24) is 10.6 Å². The van der Waals surface area contributed by atoms with E-state index in [-0.39, 0.29) is 5.92 Å². The van der Waals surface area contributed by atoms with Crippen LogP contribution >= 0.6 is 11.8 Å². The van der Waals surface area contributed by atoms with Gasteiger partial charge in [-0.05, 0) is 42.8 Å². The van der Waals surface area contributed by atoms with E-state index in [4.69, 9.17) is 15.9 Å². The number of hydrogen-bond donors (Lipinski definition) is 5. The summed E-state index contributed by atoms with van der Waals surface area (Å²) in [6, 6.07) is 6.94. The van der Waals surface area contributed by atoms with Gasteiger partial charge in [0.15, 0.2) is 0 Å². The van der Waals surface area contributed by atoms with Gasteiger partial charge in [0.25, 0.3) is 0 Å². The number of amides is 2. The molecule has 31 heavy (non-hydrogen) atoms. The Labute approximate surface area is 187 Å². The van der Waals surface area contributed by atoms with Crippen molar-refractivity contribution in [1.29, 1.82) is 0 Å². The summed E-state index contributed by atoms with van der Waals surface area (Å²) in [7, 11) is 0. The van der Waals surface area contributed by atoms with Crippen molar-refractivity contribution in [2.75, 3.05) is 12.0 Å². The number of nitrogens with two attached hydrogens (primary N) is 1. The fourth-order valence-electron chi connectivity index (χ4n) is 2.53. The number of carbonyl (C=O) groups is 4. The lowest BCUT2D eigenvalue weighted by molar-refractivity contribution is -0.142. The summed E-state index contributed by atoms with van der Waals surface area (Å²) in [6.45, 7) is 3.77. The molecule has 9 nitrogen and oxygen atoms in total. The number of carbonyl (C=O) groups excluding carboxylic acids is 2. The van der Waals surface area contributed by atoms with E-state index in [9.17, 15) is 19.2 Å². The van der Waals surface area contributed by atoms with Gasteiger partial charge in [0, 0.05) is 0 Å². The van der Waals surface area contributed by atoms with E-state index in [0.29, 0.717) is 31.4 Å². The number of aliphatic carboxylic acids is 2. The summed E-state index contributed by atoms with van der Waals surface area (Å²) in [6.07, 6.45) is 3.57. The smallest absolute Gasteiger partial charge is 0.326 e. The zero-order valence-corrected chi connectivity index (χ0v) is 18.9. The molecule has 0 fully saturated rings. The molecular formula is C21H33N3O6S. The van der Waals surface area contributed by atoms with Gasteiger partial charge >= 0.3 is 11.9 Å². The van der Waals surface area contributed by atoms with E-state index < -0.39 is 36.0 Å². The second-order valence-electron chi connectivity index (χ2n) is 7.28. The predicted molar refractivity (Wildman–Crippen MR) is 121 cm³/mol. The second kappa shape index (κ2) is 16.1. The fourth-order valence-corrected chi connectivity index (χ4v) is 3.00. The molecule has 0 spiro atoms. The summed E-state index contributed by atoms with van der Waals surface area (Å²) in [5.74, 6) is -1.60. The molecule has 1 rings (SSSR count). The highest BCUT2D eigenvalue weighted by atomic mass is 32.2. The van der Waals surface area contributed by atoms with Crippen LogP contribution in [0.2, 0.25) is 0 Å². The van der Waals surface area contributed by atoms with Crippen LogP contribution in [-0.2, 0) is 25.6 Å². The quantitative estimate of drug-likeness (QED) is 0.277. The molecule has 0 saturated heterocycles. The number of benzene rings is 1. The number of carboxylic acids is 2. The molecule has 0 unspecified atom stereocenters. The van der Waals surface area contributed by atoms with Crippen LogP contribution in [0.15, 0.2) is 30.3 Å². The van der Waals surface area contributed by atoms with Crippen LogP contribution in [0.5, 0.6) is 0 Å². The molecule has 0 aliphatic carbocycles. The van der Waals surface area contributed by atoms with Gasteiger partial charge in [0.05, 0.1) is 0 Å². The van der Waals surface area contributed by atoms with Crippen LogP contribution in [0.25, 0.3) is 0 Å². The second-order valence-corrected chi connectivity index (χ2v) is 8.27. The summed E-state index contributed by atoms with van der Waals surface area (Å²) in [5.41, 5.74) is 6.30. The highest BCUT2D eigenvalue weighted by Crippen LogP contribution is 2.07. The minimum atomic E-state index is -1.06. The van der Waals surface area contributed by atoms with Gasteiger partial charge in [0.1, 0.15) is 18.1 Å². The molecular weight excluding hydrogens is 422 g/mol. The molecule has 10 heteroatoms. The standard InChI is InChI=1S/C12H22N2O4S.C9H11NO2/c1-8(2)6-10(12(17)18)14-11(16)9(13-7-15)4-5-19-3;10-8(9(11)12)6-7-4-2-1-3-5-7/h7-10H,4-6H2,1-3H3,(H,13,15)(H,14,16)(H,17,18);1-5,8H,6,10H2,(H,11,12)/t9-,10-;8-/m00/s1. The van der Waals surface area contributed by atoms with Crippen molar-refractivity contribution < 1.29 is 29.4 Å². The van der Waals surface area contributed by atoms with Crippen LogP contribution in [0.4, 0.5) is 0 Å². The largest absolute Gasteiger partial charge is 0.480 e. The number of carboxylic acid groups (broad SMARTS) is 2. The van der Waals surface area contributed by atoms with Crippen LogP contribution in [0, 0.1) is 5.92 Å². The Morgan fingerprint density at radius 2 is 1.71 bits per heavy atom. The van der Waals surface area contributed by atoms with Gasteiger partial charge in [-0.1, -0.05) is 44.2 Å². The maximum Gasteiger partial charge on any atom is 0.326 e. The van der Waals surface area contributed by atoms with Crippen molar-refractivity contribution in [2.45, 2.75) is 51.2 Å². The Hall–Kier alpha value is -2.59. The normalized spacial score (nSPS) is 13.2. The van der Waals surface area contributed by atoms with Gasteiger partial charge in [-0.2, -0.15) is 11.8 Å². The zero-order valence-electron chi connectivity index (χ0n) is 18.1. The Bertz CT molecular complexity index is 687. The van der Waals surface area contributed by atoms with E-state index in [1.165, 1.54) is 0 Å². The van der Waals surface area contributed by atoms with Crippen LogP contribution in [0.3, 0.4) is 0 Å². The van der Waals surface area contributed by atoms with Gasteiger partial charge < -0.3 is 26.6 Å². The molecule has 0 saturated carbocycles. The third-order valence-electron chi connectivity index (χ3n) is 4.13. The molecule has 0 aliphatic rings. The van der Waals surface area contributed by atoms with Crippen molar-refractivity contribution in [2.24, 2.45) is 11.7 Å². The first-order valence-corrected chi connectivity index (χ1v) is 11.3. The summed E-state index contributed by atoms with van der Waals surface area (Å²) in [4.78, 5) is 43.8. The molecule has 2 amide bonds. The maximum atomic E-state index is 11.9. The van der Waals surface area contributed by atoms with Gasteiger partial charge in [0.2, 0.25) is 12.3 Å². The van der Waals surface area contributed by atoms with E-state index in [1.807, 2.05) is 50.4 Å². The minimum Gasteiger partial charge on any atom is -0.480 e. The minimum absolute atomic E-state index is 0.157. The molecule has 174 valence electrons. The summed E-state index contributed by atoms with van der Waals surface area (Å²) >= 11 is 1.56. The lowest BCUT2D eigenvalue weighted by atomic mass is 10.0. The van der Waals surface area contributed by atoms with Gasteiger partial charge in [-0.3, -0.25) is 14.4 Å². The summed E-state index contributed by atoms with van der Waals surface area (Å²) < 4.78 is 0. The molecule has 0 bridgehead atoms. The van der Waals surface area contributed by atoms with Crippen LogP contribution in [0.1, 0.15) is 32.3 Å². The van der Waals surface area contributed by atoms with E-state index in [1.54, 1.807) is 11.8 Å². The fraction of sp³-hybridized carbons (Fsp3) is 0.524. The average molecular weight is 456 g/mol. The zero-order chi connectivity index (χ0) is 23.8. The first-order valence-electron chi connectivity index (χ1n) is 9.86. The maximum absolute atomic E-state index is 11.9. The predicted octanol–water partition coefficient (Wildman–Crippen LogP) is 1.11. The average Bonchev–Trinajstić information content (AvgIpc) is 2.71. The SMILES string of the molecule is CSCC[C@H](NC=O)C(=O)N[C@@H](CC(C)C)C(=O)O.N[C@@H](Cc1ccccc1)C(=O)O. The molecule has 6 N–H and O–H groups in total. The summed E-state index contributed by atoms with van der Waals surface area (Å²) in [5, 5.41) is 22.5. The third kappa shape index (κ3) is 13.3. The van der Waals surface area contributed by atoms with Crippen LogP contribution in [-0.4, -0.2) is 64.6 Å². The van der Waals surface area contributed by atoms with Crippen molar-refractivity contribution in [3.8, 4) is 0 Å². The molecule has 1 aromatic rings. The molecule has 1 aromatic carbocycles. The Morgan fingerprint density at radius 1 is 1.10 bits per heavy atom. The molecule has 0 radical (unpaired) electrons. The lowest BCUT2D eigenvalue weighted by Gasteiger charge is -2.20. The van der Waals surface area contributed by atoms with Crippen molar-refractivity contribution >= 4 is 36.0 Å².